The van der Waals surface area contributed by atoms with Gasteiger partial charge in [-0.3, -0.25) is 0 Å². The topological polar surface area (TPSA) is 0 Å². The summed E-state index contributed by atoms with van der Waals surface area (Å²) in [4.78, 5) is 0. The Morgan fingerprint density at radius 1 is 1.15 bits per heavy atom. The van der Waals surface area contributed by atoms with E-state index in [9.17, 15) is 0 Å². The second kappa shape index (κ2) is 2.46. The minimum absolute atomic E-state index is 0.997. The van der Waals surface area contributed by atoms with Crippen LogP contribution in [0.2, 0.25) is 0 Å². The molecule has 0 aromatic heterocycles. The summed E-state index contributed by atoms with van der Waals surface area (Å²) in [6.45, 7) is 0. The van der Waals surface area contributed by atoms with Crippen molar-refractivity contribution in [3.8, 4) is 11.1 Å². The van der Waals surface area contributed by atoms with Crippen LogP contribution >= 0.6 is 0 Å². The summed E-state index contributed by atoms with van der Waals surface area (Å²) in [6, 6.07) is 19.6. The highest BCUT2D eigenvalue weighted by atomic mass is 14.2. The third kappa shape index (κ3) is 0.919. The molecule has 0 heteroatoms. The number of fused-ring (bicyclic) bond motifs is 3. The van der Waals surface area contributed by atoms with E-state index in [0.29, 0.717) is 0 Å². The van der Waals surface area contributed by atoms with E-state index in [1.165, 1.54) is 22.3 Å². The number of benzene rings is 2. The van der Waals surface area contributed by atoms with Crippen LogP contribution in [0.3, 0.4) is 0 Å². The lowest BCUT2D eigenvalue weighted by Crippen LogP contribution is -1.78. The minimum atomic E-state index is 0.997. The van der Waals surface area contributed by atoms with Crippen molar-refractivity contribution < 1.29 is 0 Å². The van der Waals surface area contributed by atoms with Crippen LogP contribution < -0.4 is 0 Å². The normalized spacial score (nSPS) is 12.3. The van der Waals surface area contributed by atoms with Gasteiger partial charge in [-0.25, -0.2) is 0 Å². The highest BCUT2D eigenvalue weighted by Crippen LogP contribution is 2.34. The van der Waals surface area contributed by atoms with Crippen LogP contribution in [0.15, 0.2) is 30.3 Å². The minimum Gasteiger partial charge on any atom is -0.0619 e. The standard InChI is InChI=1S/C13H7/c1-3-7-12-10(5-1)9-11-6-2-4-8-13(11)12/h1-3,5,7H,9H2. The van der Waals surface area contributed by atoms with Gasteiger partial charge in [0.15, 0.2) is 0 Å². The first-order chi connectivity index (χ1) is 6.45. The van der Waals surface area contributed by atoms with Crippen LogP contribution in [-0.2, 0) is 6.42 Å². The molecule has 0 bridgehead atoms. The summed E-state index contributed by atoms with van der Waals surface area (Å²) in [5, 5.41) is 0. The van der Waals surface area contributed by atoms with Crippen molar-refractivity contribution in [3.05, 3.63) is 59.7 Å². The number of rotatable bonds is 0. The van der Waals surface area contributed by atoms with Gasteiger partial charge in [0.2, 0.25) is 0 Å². The van der Waals surface area contributed by atoms with E-state index in [0.717, 1.165) is 6.42 Å². The molecule has 0 atom stereocenters. The maximum Gasteiger partial charge on any atom is -0.000705 e. The predicted molar refractivity (Wildman–Crippen MR) is 51.2 cm³/mol. The van der Waals surface area contributed by atoms with Crippen LogP contribution in [0.25, 0.3) is 11.1 Å². The lowest BCUT2D eigenvalue weighted by Gasteiger charge is -1.97. The molecule has 0 unspecified atom stereocenters. The zero-order valence-electron chi connectivity index (χ0n) is 7.09. The quantitative estimate of drug-likeness (QED) is 0.478. The molecule has 0 spiro atoms. The van der Waals surface area contributed by atoms with E-state index >= 15 is 0 Å². The van der Waals surface area contributed by atoms with Gasteiger partial charge in [0.1, 0.15) is 0 Å². The van der Waals surface area contributed by atoms with Crippen LogP contribution in [0, 0.1) is 18.2 Å². The first-order valence-electron chi connectivity index (χ1n) is 4.36. The van der Waals surface area contributed by atoms with Crippen molar-refractivity contribution in [2.75, 3.05) is 0 Å². The van der Waals surface area contributed by atoms with E-state index in [1.807, 2.05) is 6.07 Å². The van der Waals surface area contributed by atoms with Gasteiger partial charge >= 0.3 is 0 Å². The smallest absolute Gasteiger partial charge is 0.000705 e. The molecule has 0 nitrogen and oxygen atoms in total. The highest BCUT2D eigenvalue weighted by molar-refractivity contribution is 5.75. The third-order valence-electron chi connectivity index (χ3n) is 2.47. The summed E-state index contributed by atoms with van der Waals surface area (Å²) < 4.78 is 0. The first-order valence-corrected chi connectivity index (χ1v) is 4.36. The second-order valence-electron chi connectivity index (χ2n) is 3.25. The Kier molecular flexibility index (Phi) is 1.31. The summed E-state index contributed by atoms with van der Waals surface area (Å²) in [5.74, 6) is 0. The maximum atomic E-state index is 3.21. The van der Waals surface area contributed by atoms with Gasteiger partial charge in [-0.2, -0.15) is 0 Å². The van der Waals surface area contributed by atoms with E-state index in [1.54, 1.807) is 0 Å². The predicted octanol–water partition coefficient (Wildman–Crippen LogP) is 2.66. The van der Waals surface area contributed by atoms with Crippen molar-refractivity contribution in [1.29, 1.82) is 0 Å². The molecule has 1 aliphatic carbocycles. The Balaban J connectivity index is 2.32. The monoisotopic (exact) mass is 163 g/mol. The van der Waals surface area contributed by atoms with Crippen molar-refractivity contribution >= 4 is 0 Å². The molecule has 0 N–H and O–H groups in total. The van der Waals surface area contributed by atoms with E-state index in [4.69, 9.17) is 0 Å². The Morgan fingerprint density at radius 3 is 3.08 bits per heavy atom. The van der Waals surface area contributed by atoms with Gasteiger partial charge in [0.25, 0.3) is 0 Å². The molecule has 1 aliphatic rings. The Bertz CT molecular complexity index is 412. The van der Waals surface area contributed by atoms with Crippen LogP contribution in [-0.4, -0.2) is 0 Å². The van der Waals surface area contributed by atoms with E-state index < -0.39 is 0 Å². The zero-order valence-corrected chi connectivity index (χ0v) is 7.09. The molecular formula is C13H7. The van der Waals surface area contributed by atoms with Crippen LogP contribution in [0.1, 0.15) is 11.1 Å². The Morgan fingerprint density at radius 2 is 2.08 bits per heavy atom. The molecule has 3 radical (unpaired) electrons. The molecule has 0 amide bonds. The zero-order chi connectivity index (χ0) is 8.67. The first kappa shape index (κ1) is 6.90. The van der Waals surface area contributed by atoms with Crippen molar-refractivity contribution in [2.24, 2.45) is 0 Å². The van der Waals surface area contributed by atoms with E-state index in [2.05, 4.69) is 42.5 Å². The lowest BCUT2D eigenvalue weighted by molar-refractivity contribution is 1.26. The van der Waals surface area contributed by atoms with E-state index in [-0.39, 0.29) is 0 Å². The fourth-order valence-corrected chi connectivity index (χ4v) is 1.86. The molecule has 0 saturated carbocycles. The number of hydrogen-bond acceptors (Lipinski definition) is 0. The Labute approximate surface area is 77.8 Å². The van der Waals surface area contributed by atoms with Gasteiger partial charge in [-0.1, -0.05) is 24.3 Å². The molecule has 59 valence electrons. The summed E-state index contributed by atoms with van der Waals surface area (Å²) >= 11 is 0. The molecule has 13 heavy (non-hydrogen) atoms. The van der Waals surface area contributed by atoms with Crippen LogP contribution in [0.4, 0.5) is 0 Å². The van der Waals surface area contributed by atoms with Gasteiger partial charge in [0, 0.05) is 0 Å². The van der Waals surface area contributed by atoms with Crippen molar-refractivity contribution in [2.45, 2.75) is 6.42 Å². The molecule has 0 saturated heterocycles. The molecular weight excluding hydrogens is 156 g/mol. The van der Waals surface area contributed by atoms with Crippen LogP contribution in [0.5, 0.6) is 0 Å². The second-order valence-corrected chi connectivity index (χ2v) is 3.25. The SMILES string of the molecule is [c]1[c]c2c([c]c1)Cc1ccccc1-2. The van der Waals surface area contributed by atoms with Gasteiger partial charge in [-0.05, 0) is 52.9 Å². The highest BCUT2D eigenvalue weighted by Gasteiger charge is 2.16. The average Bonchev–Trinajstić information content (AvgIpc) is 2.56. The van der Waals surface area contributed by atoms with Gasteiger partial charge in [0.05, 0.1) is 0 Å². The molecule has 0 fully saturated rings. The maximum absolute atomic E-state index is 3.21. The summed E-state index contributed by atoms with van der Waals surface area (Å²) in [6.07, 6.45) is 0.997. The summed E-state index contributed by atoms with van der Waals surface area (Å²) in [5.41, 5.74) is 5.10. The van der Waals surface area contributed by atoms with Gasteiger partial charge < -0.3 is 0 Å². The summed E-state index contributed by atoms with van der Waals surface area (Å²) in [7, 11) is 0. The largest absolute Gasteiger partial charge is 0.0619 e. The lowest BCUT2D eigenvalue weighted by atomic mass is 10.1. The third-order valence-corrected chi connectivity index (χ3v) is 2.47. The van der Waals surface area contributed by atoms with Crippen molar-refractivity contribution in [1.82, 2.24) is 0 Å². The average molecular weight is 163 g/mol. The molecule has 2 aromatic carbocycles. The van der Waals surface area contributed by atoms with Gasteiger partial charge in [-0.15, -0.1) is 0 Å². The Hall–Kier alpha value is -1.56. The molecule has 2 aromatic rings. The number of hydrogen-bond donors (Lipinski definition) is 0. The molecule has 0 aliphatic heterocycles. The molecule has 0 heterocycles. The fourth-order valence-electron chi connectivity index (χ4n) is 1.86. The van der Waals surface area contributed by atoms with Crippen molar-refractivity contribution in [3.63, 3.8) is 0 Å². The molecule has 3 rings (SSSR count). The fraction of sp³-hybridized carbons (Fsp3) is 0.0769.